The average molecular weight is 426 g/mol. The topological polar surface area (TPSA) is 71.8 Å². The molecule has 7 nitrogen and oxygen atoms in total. The van der Waals surface area contributed by atoms with Crippen LogP contribution in [-0.2, 0) is 6.54 Å². The Kier molecular flexibility index (Phi) is 5.79. The minimum absolute atomic E-state index is 0.132. The van der Waals surface area contributed by atoms with Crippen LogP contribution in [0.2, 0.25) is 0 Å². The first-order chi connectivity index (χ1) is 15.8. The maximum atomic E-state index is 4.82. The highest BCUT2D eigenvalue weighted by molar-refractivity contribution is 5.57. The van der Waals surface area contributed by atoms with Crippen LogP contribution in [0.25, 0.3) is 11.3 Å². The molecule has 2 atom stereocenters. The van der Waals surface area contributed by atoms with Crippen molar-refractivity contribution in [2.45, 2.75) is 38.4 Å². The molecule has 32 heavy (non-hydrogen) atoms. The molecule has 0 spiro atoms. The van der Waals surface area contributed by atoms with E-state index < -0.39 is 0 Å². The third kappa shape index (κ3) is 4.46. The summed E-state index contributed by atoms with van der Waals surface area (Å²) in [6, 6.07) is 23.0. The number of benzene rings is 2. The molecule has 1 N–H and O–H groups in total. The molecule has 0 amide bonds. The second kappa shape index (κ2) is 9.18. The number of rotatable bonds is 7. The van der Waals surface area contributed by atoms with Gasteiger partial charge in [-0.2, -0.15) is 4.98 Å². The van der Waals surface area contributed by atoms with Gasteiger partial charge in [-0.1, -0.05) is 65.9 Å². The molecule has 2 aromatic heterocycles. The maximum Gasteiger partial charge on any atom is 0.225 e. The van der Waals surface area contributed by atoms with Gasteiger partial charge in [-0.05, 0) is 31.4 Å². The monoisotopic (exact) mass is 425 g/mol. The highest BCUT2D eigenvalue weighted by Crippen LogP contribution is 2.26. The van der Waals surface area contributed by atoms with E-state index in [0.717, 1.165) is 43.0 Å². The highest BCUT2D eigenvalue weighted by Gasteiger charge is 2.27. The molecule has 1 fully saturated rings. The molecular weight excluding hydrogens is 398 g/mol. The molecule has 162 valence electrons. The smallest absolute Gasteiger partial charge is 0.225 e. The third-order valence-electron chi connectivity index (χ3n) is 5.96. The van der Waals surface area contributed by atoms with Crippen molar-refractivity contribution in [1.29, 1.82) is 0 Å². The number of hydrogen-bond acceptors (Lipinski definition) is 6. The molecule has 2 aromatic carbocycles. The Bertz CT molecular complexity index is 1140. The summed E-state index contributed by atoms with van der Waals surface area (Å²) in [7, 11) is 0. The second-order valence-electron chi connectivity index (χ2n) is 8.20. The van der Waals surface area contributed by atoms with E-state index in [1.165, 1.54) is 5.56 Å². The van der Waals surface area contributed by atoms with Gasteiger partial charge in [-0.15, -0.1) is 5.10 Å². The van der Waals surface area contributed by atoms with Crippen LogP contribution in [0.3, 0.4) is 0 Å². The van der Waals surface area contributed by atoms with E-state index in [1.54, 1.807) is 0 Å². The Labute approximate surface area is 188 Å². The number of aromatic nitrogens is 5. The van der Waals surface area contributed by atoms with Gasteiger partial charge in [0.25, 0.3) is 0 Å². The van der Waals surface area contributed by atoms with Crippen molar-refractivity contribution >= 4 is 11.8 Å². The molecule has 3 heterocycles. The van der Waals surface area contributed by atoms with E-state index in [1.807, 2.05) is 59.5 Å². The fourth-order valence-electron chi connectivity index (χ4n) is 4.27. The van der Waals surface area contributed by atoms with Gasteiger partial charge in [0.05, 0.1) is 24.8 Å². The molecule has 5 rings (SSSR count). The van der Waals surface area contributed by atoms with E-state index in [4.69, 9.17) is 4.98 Å². The average Bonchev–Trinajstić information content (AvgIpc) is 3.50. The van der Waals surface area contributed by atoms with Crippen molar-refractivity contribution in [3.63, 3.8) is 0 Å². The molecule has 1 aliphatic heterocycles. The lowest BCUT2D eigenvalue weighted by Gasteiger charge is -2.26. The molecule has 7 heteroatoms. The van der Waals surface area contributed by atoms with Gasteiger partial charge in [-0.3, -0.25) is 0 Å². The Morgan fingerprint density at radius 3 is 2.62 bits per heavy atom. The summed E-state index contributed by atoms with van der Waals surface area (Å²) in [5, 5.41) is 12.2. The normalized spacial score (nSPS) is 16.8. The Morgan fingerprint density at radius 1 is 1.03 bits per heavy atom. The van der Waals surface area contributed by atoms with Gasteiger partial charge in [0, 0.05) is 18.3 Å². The first kappa shape index (κ1) is 20.2. The molecule has 4 aromatic rings. The van der Waals surface area contributed by atoms with Gasteiger partial charge in [-0.25, -0.2) is 9.67 Å². The van der Waals surface area contributed by atoms with Crippen LogP contribution in [0.5, 0.6) is 0 Å². The maximum absolute atomic E-state index is 4.82. The molecule has 1 saturated heterocycles. The summed E-state index contributed by atoms with van der Waals surface area (Å²) in [6.07, 6.45) is 6.10. The van der Waals surface area contributed by atoms with Crippen LogP contribution in [0, 0.1) is 0 Å². The molecule has 0 saturated carbocycles. The second-order valence-corrected chi connectivity index (χ2v) is 8.20. The van der Waals surface area contributed by atoms with E-state index in [9.17, 15) is 0 Å². The summed E-state index contributed by atoms with van der Waals surface area (Å²) in [6.45, 7) is 3.89. The zero-order valence-electron chi connectivity index (χ0n) is 18.2. The summed E-state index contributed by atoms with van der Waals surface area (Å²) < 4.78 is 1.95. The molecular formula is C25H27N7. The summed E-state index contributed by atoms with van der Waals surface area (Å²) in [5.41, 5.74) is 3.20. The van der Waals surface area contributed by atoms with Crippen molar-refractivity contribution < 1.29 is 0 Å². The van der Waals surface area contributed by atoms with Gasteiger partial charge in [0.15, 0.2) is 0 Å². The van der Waals surface area contributed by atoms with E-state index in [-0.39, 0.29) is 6.04 Å². The largest absolute Gasteiger partial charge is 0.352 e. The minimum Gasteiger partial charge on any atom is -0.352 e. The lowest BCUT2D eigenvalue weighted by molar-refractivity contribution is 0.495. The minimum atomic E-state index is 0.132. The van der Waals surface area contributed by atoms with Gasteiger partial charge >= 0.3 is 0 Å². The molecule has 0 bridgehead atoms. The van der Waals surface area contributed by atoms with Crippen molar-refractivity contribution in [2.75, 3.05) is 16.8 Å². The summed E-state index contributed by atoms with van der Waals surface area (Å²) in [4.78, 5) is 11.6. The quantitative estimate of drug-likeness (QED) is 0.467. The summed E-state index contributed by atoms with van der Waals surface area (Å²) in [5.74, 6) is 1.60. The van der Waals surface area contributed by atoms with Crippen LogP contribution in [0.15, 0.2) is 79.1 Å². The zero-order valence-corrected chi connectivity index (χ0v) is 18.2. The standard InChI is InChI=1S/C25H27N7/c1-19(20-9-4-2-5-10-20)27-25-26-15-14-24(28-25)32-16-8-13-22(32)17-31-18-23(29-30-31)21-11-6-3-7-12-21/h2-7,9-12,14-15,18-19,22H,8,13,16-17H2,1H3,(H,26,27,28)/t19-,22-/m0/s1. The van der Waals surface area contributed by atoms with Crippen molar-refractivity contribution in [2.24, 2.45) is 0 Å². The Balaban J connectivity index is 1.28. The lowest BCUT2D eigenvalue weighted by atomic mass is 10.1. The lowest BCUT2D eigenvalue weighted by Crippen LogP contribution is -2.34. The SMILES string of the molecule is C[C@H](Nc1nccc(N2CCC[C@H]2Cn2cc(-c3ccccc3)nn2)n1)c1ccccc1. The fourth-order valence-corrected chi connectivity index (χ4v) is 4.27. The Morgan fingerprint density at radius 2 is 1.81 bits per heavy atom. The molecule has 0 aliphatic carbocycles. The van der Waals surface area contributed by atoms with Crippen LogP contribution in [0.4, 0.5) is 11.8 Å². The number of nitrogens with one attached hydrogen (secondary N) is 1. The predicted molar refractivity (Wildman–Crippen MR) is 126 cm³/mol. The van der Waals surface area contributed by atoms with Crippen molar-refractivity contribution in [3.8, 4) is 11.3 Å². The number of nitrogens with zero attached hydrogens (tertiary/aromatic N) is 6. The third-order valence-corrected chi connectivity index (χ3v) is 5.96. The Hall–Kier alpha value is -3.74. The summed E-state index contributed by atoms with van der Waals surface area (Å²) >= 11 is 0. The van der Waals surface area contributed by atoms with Crippen LogP contribution < -0.4 is 10.2 Å². The first-order valence-electron chi connectivity index (χ1n) is 11.1. The molecule has 1 aliphatic rings. The van der Waals surface area contributed by atoms with Gasteiger partial charge in [0.1, 0.15) is 11.5 Å². The van der Waals surface area contributed by atoms with Crippen LogP contribution >= 0.6 is 0 Å². The van der Waals surface area contributed by atoms with Crippen molar-refractivity contribution in [1.82, 2.24) is 25.0 Å². The highest BCUT2D eigenvalue weighted by atomic mass is 15.4. The van der Waals surface area contributed by atoms with Gasteiger partial charge in [0.2, 0.25) is 5.95 Å². The van der Waals surface area contributed by atoms with Crippen LogP contribution in [0.1, 0.15) is 31.4 Å². The molecule has 0 radical (unpaired) electrons. The van der Waals surface area contributed by atoms with E-state index in [2.05, 4.69) is 56.7 Å². The molecule has 0 unspecified atom stereocenters. The number of anilines is 2. The zero-order chi connectivity index (χ0) is 21.8. The fraction of sp³-hybridized carbons (Fsp3) is 0.280. The van der Waals surface area contributed by atoms with E-state index in [0.29, 0.717) is 12.0 Å². The first-order valence-corrected chi connectivity index (χ1v) is 11.1. The van der Waals surface area contributed by atoms with Crippen LogP contribution in [-0.4, -0.2) is 37.5 Å². The van der Waals surface area contributed by atoms with E-state index >= 15 is 0 Å². The predicted octanol–water partition coefficient (Wildman–Crippen LogP) is 4.58. The van der Waals surface area contributed by atoms with Gasteiger partial charge < -0.3 is 10.2 Å². The number of hydrogen-bond donors (Lipinski definition) is 1. The van der Waals surface area contributed by atoms with Crippen molar-refractivity contribution in [3.05, 3.63) is 84.7 Å².